The van der Waals surface area contributed by atoms with Crippen LogP contribution in [0.2, 0.25) is 0 Å². The van der Waals surface area contributed by atoms with Gasteiger partial charge in [0.15, 0.2) is 0 Å². The fourth-order valence-electron chi connectivity index (χ4n) is 5.58. The van der Waals surface area contributed by atoms with Crippen molar-refractivity contribution in [3.8, 4) is 0 Å². The Bertz CT molecular complexity index is 867. The molecule has 5 rings (SSSR count). The van der Waals surface area contributed by atoms with Crippen LogP contribution in [0.3, 0.4) is 0 Å². The lowest BCUT2D eigenvalue weighted by Gasteiger charge is -2.59. The summed E-state index contributed by atoms with van der Waals surface area (Å²) in [5.74, 6) is 0.374. The van der Waals surface area contributed by atoms with Crippen LogP contribution in [0.4, 0.5) is 0 Å². The van der Waals surface area contributed by atoms with Gasteiger partial charge in [-0.05, 0) is 74.1 Å². The zero-order valence-corrected chi connectivity index (χ0v) is 16.4. The summed E-state index contributed by atoms with van der Waals surface area (Å²) in [6.45, 7) is 0. The van der Waals surface area contributed by atoms with Crippen molar-refractivity contribution in [1.82, 2.24) is 10.2 Å². The van der Waals surface area contributed by atoms with E-state index in [-0.39, 0.29) is 9.77 Å². The van der Waals surface area contributed by atoms with Crippen molar-refractivity contribution in [3.63, 3.8) is 0 Å². The van der Waals surface area contributed by atoms with Crippen LogP contribution in [0.5, 0.6) is 0 Å². The molecule has 0 heterocycles. The van der Waals surface area contributed by atoms with Crippen LogP contribution in [0.15, 0.2) is 35.2 Å². The van der Waals surface area contributed by atoms with E-state index < -0.39 is 21.5 Å². The van der Waals surface area contributed by atoms with Crippen molar-refractivity contribution in [2.75, 3.05) is 0 Å². The van der Waals surface area contributed by atoms with Crippen LogP contribution in [-0.4, -0.2) is 29.9 Å². The molecule has 1 aromatic rings. The number of benzene rings is 1. The van der Waals surface area contributed by atoms with E-state index >= 15 is 0 Å². The second-order valence-corrected chi connectivity index (χ2v) is 10.9. The Morgan fingerprint density at radius 1 is 1.15 bits per heavy atom. The van der Waals surface area contributed by atoms with Gasteiger partial charge in [-0.15, -0.1) is 11.6 Å². The zero-order chi connectivity index (χ0) is 19.3. The molecule has 3 N–H and O–H groups in total. The predicted molar refractivity (Wildman–Crippen MR) is 102 cm³/mol. The highest BCUT2D eigenvalue weighted by molar-refractivity contribution is 7.89. The molecule has 2 unspecified atom stereocenters. The van der Waals surface area contributed by atoms with Gasteiger partial charge in [0.25, 0.3) is 5.91 Å². The van der Waals surface area contributed by atoms with E-state index in [1.165, 1.54) is 30.1 Å². The molecule has 0 aliphatic heterocycles. The Kier molecular flexibility index (Phi) is 4.62. The average Bonchev–Trinajstić information content (AvgIpc) is 2.56. The quantitative estimate of drug-likeness (QED) is 0.301. The molecule has 6 nitrogen and oxygen atoms in total. The molecule has 4 aliphatic carbocycles. The molecule has 1 amide bonds. The molecule has 146 valence electrons. The molecule has 0 radical (unpaired) electrons. The molecule has 4 saturated carbocycles. The Morgan fingerprint density at radius 2 is 1.78 bits per heavy atom. The third kappa shape index (κ3) is 3.78. The van der Waals surface area contributed by atoms with Crippen LogP contribution in [0.1, 0.15) is 44.1 Å². The second-order valence-electron chi connectivity index (χ2n) is 8.38. The standard InChI is InChI=1S/C19H23ClN2O4S/c20-18-8-14-7-15(9-18)11-19(10-14,12-18)22-27(25,26)16-4-1-13(2-5-16)3-6-17(23)21-24/h1-6,14-15,22,24H,7-12H2,(H,21,23). The van der Waals surface area contributed by atoms with E-state index in [4.69, 9.17) is 16.8 Å². The summed E-state index contributed by atoms with van der Waals surface area (Å²) in [6.07, 6.45) is 8.25. The van der Waals surface area contributed by atoms with Crippen molar-refractivity contribution < 1.29 is 18.4 Å². The van der Waals surface area contributed by atoms with Gasteiger partial charge in [0.1, 0.15) is 0 Å². The third-order valence-electron chi connectivity index (χ3n) is 6.07. The van der Waals surface area contributed by atoms with Gasteiger partial charge in [0.2, 0.25) is 10.0 Å². The van der Waals surface area contributed by atoms with E-state index in [9.17, 15) is 13.2 Å². The van der Waals surface area contributed by atoms with Crippen molar-refractivity contribution >= 4 is 33.6 Å². The fourth-order valence-corrected chi connectivity index (χ4v) is 7.69. The average molecular weight is 411 g/mol. The summed E-state index contributed by atoms with van der Waals surface area (Å²) in [5, 5.41) is 8.48. The SMILES string of the molecule is O=C(C=Cc1ccc(S(=O)(=O)NC23CC4CC(CC(Cl)(C4)C2)C3)cc1)NO. The van der Waals surface area contributed by atoms with Crippen LogP contribution >= 0.6 is 11.6 Å². The molecule has 4 bridgehead atoms. The third-order valence-corrected chi connectivity index (χ3v) is 8.11. The second kappa shape index (κ2) is 6.58. The van der Waals surface area contributed by atoms with E-state index in [0.717, 1.165) is 31.8 Å². The molecule has 0 saturated heterocycles. The minimum Gasteiger partial charge on any atom is -0.288 e. The summed E-state index contributed by atoms with van der Waals surface area (Å²) in [4.78, 5) is 11.0. The first-order chi connectivity index (χ1) is 12.7. The highest BCUT2D eigenvalue weighted by Gasteiger charge is 2.58. The first-order valence-corrected chi connectivity index (χ1v) is 11.0. The number of carbonyl (C=O) groups is 1. The van der Waals surface area contributed by atoms with Gasteiger partial charge in [-0.1, -0.05) is 12.1 Å². The van der Waals surface area contributed by atoms with Crippen molar-refractivity contribution in [3.05, 3.63) is 35.9 Å². The van der Waals surface area contributed by atoms with Crippen LogP contribution < -0.4 is 10.2 Å². The van der Waals surface area contributed by atoms with Gasteiger partial charge in [-0.3, -0.25) is 10.0 Å². The summed E-state index contributed by atoms with van der Waals surface area (Å²) in [7, 11) is -3.65. The number of hydroxylamine groups is 1. The number of nitrogens with one attached hydrogen (secondary N) is 2. The molecular weight excluding hydrogens is 388 g/mol. The molecule has 27 heavy (non-hydrogen) atoms. The summed E-state index contributed by atoms with van der Waals surface area (Å²) in [6, 6.07) is 6.29. The van der Waals surface area contributed by atoms with E-state index in [2.05, 4.69) is 4.72 Å². The van der Waals surface area contributed by atoms with E-state index in [1.807, 2.05) is 0 Å². The Balaban J connectivity index is 1.52. The van der Waals surface area contributed by atoms with Gasteiger partial charge in [0, 0.05) is 16.5 Å². The minimum absolute atomic E-state index is 0.200. The smallest absolute Gasteiger partial charge is 0.267 e. The van der Waals surface area contributed by atoms with Gasteiger partial charge < -0.3 is 0 Å². The summed E-state index contributed by atoms with van der Waals surface area (Å²) < 4.78 is 28.9. The monoisotopic (exact) mass is 410 g/mol. The highest BCUT2D eigenvalue weighted by atomic mass is 35.5. The highest BCUT2D eigenvalue weighted by Crippen LogP contribution is 2.60. The van der Waals surface area contributed by atoms with Crippen molar-refractivity contribution in [2.24, 2.45) is 11.8 Å². The number of hydrogen-bond donors (Lipinski definition) is 3. The molecule has 0 aromatic heterocycles. The van der Waals surface area contributed by atoms with Crippen LogP contribution in [0, 0.1) is 11.8 Å². The Labute approximate surface area is 164 Å². The molecule has 1 aromatic carbocycles. The van der Waals surface area contributed by atoms with E-state index in [0.29, 0.717) is 23.8 Å². The summed E-state index contributed by atoms with van der Waals surface area (Å²) >= 11 is 6.80. The maximum atomic E-state index is 13.0. The molecule has 8 heteroatoms. The van der Waals surface area contributed by atoms with Gasteiger partial charge >= 0.3 is 0 Å². The maximum absolute atomic E-state index is 13.0. The molecule has 4 aliphatic rings. The number of hydrogen-bond acceptors (Lipinski definition) is 4. The first kappa shape index (κ1) is 18.9. The van der Waals surface area contributed by atoms with Crippen LogP contribution in [0.25, 0.3) is 6.08 Å². The lowest BCUT2D eigenvalue weighted by atomic mass is 9.53. The number of alkyl halides is 1. The number of amides is 1. The van der Waals surface area contributed by atoms with Gasteiger partial charge in [-0.2, -0.15) is 0 Å². The molecule has 4 fully saturated rings. The molecular formula is C19H23ClN2O4S. The fraction of sp³-hybridized carbons (Fsp3) is 0.526. The Morgan fingerprint density at radius 3 is 2.33 bits per heavy atom. The lowest BCUT2D eigenvalue weighted by Crippen LogP contribution is -2.63. The number of carbonyl (C=O) groups excluding carboxylic acids is 1. The number of halogens is 1. The topological polar surface area (TPSA) is 95.5 Å². The zero-order valence-electron chi connectivity index (χ0n) is 14.8. The minimum atomic E-state index is -3.65. The maximum Gasteiger partial charge on any atom is 0.267 e. The number of sulfonamides is 1. The Hall–Kier alpha value is -1.41. The lowest BCUT2D eigenvalue weighted by molar-refractivity contribution is -0.124. The van der Waals surface area contributed by atoms with E-state index in [1.54, 1.807) is 12.1 Å². The van der Waals surface area contributed by atoms with Gasteiger partial charge in [0.05, 0.1) is 4.90 Å². The molecule has 2 atom stereocenters. The van der Waals surface area contributed by atoms with Crippen molar-refractivity contribution in [2.45, 2.75) is 53.8 Å². The first-order valence-electron chi connectivity index (χ1n) is 9.16. The van der Waals surface area contributed by atoms with Crippen molar-refractivity contribution in [1.29, 1.82) is 0 Å². The predicted octanol–water partition coefficient (Wildman–Crippen LogP) is 2.81. The number of rotatable bonds is 5. The largest absolute Gasteiger partial charge is 0.288 e. The summed E-state index contributed by atoms with van der Waals surface area (Å²) in [5.41, 5.74) is 1.73. The van der Waals surface area contributed by atoms with Crippen LogP contribution in [-0.2, 0) is 14.8 Å². The molecule has 0 spiro atoms. The normalized spacial score (nSPS) is 34.9. The van der Waals surface area contributed by atoms with Gasteiger partial charge in [-0.25, -0.2) is 18.6 Å².